The van der Waals surface area contributed by atoms with Crippen molar-refractivity contribution >= 4 is 28.2 Å². The number of nitrogens with zero attached hydrogens (tertiary/aromatic N) is 2. The highest BCUT2D eigenvalue weighted by molar-refractivity contribution is 7.16. The Kier molecular flexibility index (Phi) is 6.30. The monoisotopic (exact) mass is 365 g/mol. The zero-order chi connectivity index (χ0) is 18.6. The average molecular weight is 365 g/mol. The molecule has 0 aliphatic carbocycles. The minimum Gasteiger partial charge on any atom is -0.462 e. The van der Waals surface area contributed by atoms with Crippen LogP contribution in [0.2, 0.25) is 0 Å². The summed E-state index contributed by atoms with van der Waals surface area (Å²) in [5, 5.41) is 7.19. The predicted molar refractivity (Wildman–Crippen MR) is 95.1 cm³/mol. The molecule has 0 bridgehead atoms. The highest BCUT2D eigenvalue weighted by Gasteiger charge is 2.22. The van der Waals surface area contributed by atoms with Crippen molar-refractivity contribution in [3.05, 3.63) is 27.7 Å². The molecule has 25 heavy (non-hydrogen) atoms. The summed E-state index contributed by atoms with van der Waals surface area (Å²) in [6.07, 6.45) is 0.543. The number of thiophene rings is 1. The number of nitrogens with one attached hydrogen (secondary N) is 1. The van der Waals surface area contributed by atoms with Crippen molar-refractivity contribution < 1.29 is 18.8 Å². The highest BCUT2D eigenvalue weighted by atomic mass is 32.1. The lowest BCUT2D eigenvalue weighted by Gasteiger charge is -2.06. The molecule has 0 aliphatic heterocycles. The molecular formula is C17H23N3O4S. The Morgan fingerprint density at radius 1 is 1.32 bits per heavy atom. The topological polar surface area (TPSA) is 94.3 Å². The van der Waals surface area contributed by atoms with Crippen LogP contribution in [0.5, 0.6) is 0 Å². The minimum atomic E-state index is -0.418. The second-order valence-electron chi connectivity index (χ2n) is 5.96. The summed E-state index contributed by atoms with van der Waals surface area (Å²) >= 11 is 1.37. The smallest absolute Gasteiger partial charge is 0.341 e. The van der Waals surface area contributed by atoms with Gasteiger partial charge in [-0.15, -0.1) is 11.3 Å². The van der Waals surface area contributed by atoms with E-state index in [1.165, 1.54) is 11.3 Å². The second kappa shape index (κ2) is 8.24. The van der Waals surface area contributed by atoms with Gasteiger partial charge in [-0.25, -0.2) is 4.79 Å². The summed E-state index contributed by atoms with van der Waals surface area (Å²) in [5.41, 5.74) is 1.26. The minimum absolute atomic E-state index is 0.176. The Balaban J connectivity index is 2.02. The van der Waals surface area contributed by atoms with E-state index in [1.807, 2.05) is 27.7 Å². The van der Waals surface area contributed by atoms with E-state index in [0.29, 0.717) is 28.7 Å². The van der Waals surface area contributed by atoms with Crippen molar-refractivity contribution in [3.63, 3.8) is 0 Å². The number of rotatable bonds is 7. The number of ether oxygens (including phenoxy) is 1. The van der Waals surface area contributed by atoms with Crippen molar-refractivity contribution in [1.82, 2.24) is 10.1 Å². The molecular weight excluding hydrogens is 342 g/mol. The number of aryl methyl sites for hydroxylation is 2. The van der Waals surface area contributed by atoms with E-state index in [-0.39, 0.29) is 24.9 Å². The first kappa shape index (κ1) is 19.1. The number of carbonyl (C=O) groups is 2. The molecule has 0 radical (unpaired) electrons. The second-order valence-corrected chi connectivity index (χ2v) is 7.18. The molecule has 7 nitrogen and oxygen atoms in total. The number of anilines is 1. The summed E-state index contributed by atoms with van der Waals surface area (Å²) in [7, 11) is 0. The van der Waals surface area contributed by atoms with E-state index in [0.717, 1.165) is 10.4 Å². The third-order valence-electron chi connectivity index (χ3n) is 3.68. The molecule has 0 saturated heterocycles. The highest BCUT2D eigenvalue weighted by Crippen LogP contribution is 2.33. The number of carbonyl (C=O) groups excluding carboxylic acids is 2. The Labute approximate surface area is 150 Å². The van der Waals surface area contributed by atoms with Crippen LogP contribution in [-0.2, 0) is 16.0 Å². The van der Waals surface area contributed by atoms with Crippen molar-refractivity contribution in [2.75, 3.05) is 11.9 Å². The standard InChI is InChI=1S/C17H23N3O4S/c1-6-23-17(22)14-10(4)11(5)25-16(14)18-12(21)7-8-13-19-15(9(2)3)20-24-13/h9H,6-8H2,1-5H3,(H,18,21). The van der Waals surface area contributed by atoms with Crippen LogP contribution in [0, 0.1) is 13.8 Å². The fraction of sp³-hybridized carbons (Fsp3) is 0.529. The van der Waals surface area contributed by atoms with Gasteiger partial charge in [0.15, 0.2) is 5.82 Å². The molecule has 2 aromatic heterocycles. The zero-order valence-electron chi connectivity index (χ0n) is 15.1. The SMILES string of the molecule is CCOC(=O)c1c(NC(=O)CCc2nc(C(C)C)no2)sc(C)c1C. The quantitative estimate of drug-likeness (QED) is 0.753. The van der Waals surface area contributed by atoms with E-state index in [2.05, 4.69) is 15.5 Å². The summed E-state index contributed by atoms with van der Waals surface area (Å²) < 4.78 is 10.2. The number of hydrogen-bond acceptors (Lipinski definition) is 7. The maximum absolute atomic E-state index is 12.2. The maximum Gasteiger partial charge on any atom is 0.341 e. The maximum atomic E-state index is 12.2. The lowest BCUT2D eigenvalue weighted by atomic mass is 10.1. The van der Waals surface area contributed by atoms with E-state index in [4.69, 9.17) is 9.26 Å². The lowest BCUT2D eigenvalue weighted by Crippen LogP contribution is -2.15. The molecule has 0 aromatic carbocycles. The van der Waals surface area contributed by atoms with Gasteiger partial charge in [0, 0.05) is 23.6 Å². The zero-order valence-corrected chi connectivity index (χ0v) is 16.0. The van der Waals surface area contributed by atoms with Gasteiger partial charge in [0.1, 0.15) is 5.00 Å². The number of aromatic nitrogens is 2. The van der Waals surface area contributed by atoms with Crippen molar-refractivity contribution in [2.45, 2.75) is 53.4 Å². The van der Waals surface area contributed by atoms with Gasteiger partial charge in [-0.3, -0.25) is 4.79 Å². The molecule has 0 fully saturated rings. The van der Waals surface area contributed by atoms with Crippen LogP contribution in [-0.4, -0.2) is 28.6 Å². The summed E-state index contributed by atoms with van der Waals surface area (Å²) in [6.45, 7) is 9.74. The molecule has 0 saturated carbocycles. The third-order valence-corrected chi connectivity index (χ3v) is 4.81. The fourth-order valence-corrected chi connectivity index (χ4v) is 3.24. The van der Waals surface area contributed by atoms with Crippen LogP contribution in [0.25, 0.3) is 0 Å². The Hall–Kier alpha value is -2.22. The average Bonchev–Trinajstić information content (AvgIpc) is 3.11. The van der Waals surface area contributed by atoms with Crippen molar-refractivity contribution in [3.8, 4) is 0 Å². The van der Waals surface area contributed by atoms with Crippen LogP contribution in [0.3, 0.4) is 0 Å². The van der Waals surface area contributed by atoms with Gasteiger partial charge in [0.05, 0.1) is 12.2 Å². The molecule has 1 amide bonds. The van der Waals surface area contributed by atoms with Gasteiger partial charge in [0.25, 0.3) is 0 Å². The lowest BCUT2D eigenvalue weighted by molar-refractivity contribution is -0.116. The van der Waals surface area contributed by atoms with Crippen LogP contribution >= 0.6 is 11.3 Å². The number of hydrogen-bond donors (Lipinski definition) is 1. The molecule has 0 spiro atoms. The van der Waals surface area contributed by atoms with E-state index < -0.39 is 5.97 Å². The summed E-state index contributed by atoms with van der Waals surface area (Å²) in [5.74, 6) is 0.609. The normalized spacial score (nSPS) is 11.0. The molecule has 0 aliphatic rings. The molecule has 2 aromatic rings. The first-order valence-electron chi connectivity index (χ1n) is 8.22. The largest absolute Gasteiger partial charge is 0.462 e. The van der Waals surface area contributed by atoms with E-state index in [9.17, 15) is 9.59 Å². The number of amides is 1. The Morgan fingerprint density at radius 3 is 2.64 bits per heavy atom. The number of esters is 1. The van der Waals surface area contributed by atoms with Gasteiger partial charge in [-0.05, 0) is 26.3 Å². The van der Waals surface area contributed by atoms with Crippen LogP contribution in [0.4, 0.5) is 5.00 Å². The molecule has 136 valence electrons. The van der Waals surface area contributed by atoms with Gasteiger partial charge in [-0.2, -0.15) is 4.98 Å². The van der Waals surface area contributed by atoms with E-state index in [1.54, 1.807) is 6.92 Å². The Bertz CT molecular complexity index is 764. The van der Waals surface area contributed by atoms with Crippen molar-refractivity contribution in [2.24, 2.45) is 0 Å². The first-order chi connectivity index (χ1) is 11.8. The van der Waals surface area contributed by atoms with Gasteiger partial charge >= 0.3 is 5.97 Å². The van der Waals surface area contributed by atoms with E-state index >= 15 is 0 Å². The Morgan fingerprint density at radius 2 is 2.04 bits per heavy atom. The van der Waals surface area contributed by atoms with Gasteiger partial charge in [-0.1, -0.05) is 19.0 Å². The van der Waals surface area contributed by atoms with Crippen LogP contribution in [0.1, 0.15) is 65.6 Å². The molecule has 0 unspecified atom stereocenters. The molecule has 2 rings (SSSR count). The van der Waals surface area contributed by atoms with Crippen molar-refractivity contribution in [1.29, 1.82) is 0 Å². The first-order valence-corrected chi connectivity index (χ1v) is 9.04. The molecule has 0 atom stereocenters. The predicted octanol–water partition coefficient (Wildman–Crippen LogP) is 3.62. The van der Waals surface area contributed by atoms with Gasteiger partial charge in [0.2, 0.25) is 11.8 Å². The molecule has 2 heterocycles. The van der Waals surface area contributed by atoms with Gasteiger partial charge < -0.3 is 14.6 Å². The molecule has 1 N–H and O–H groups in total. The van der Waals surface area contributed by atoms with Crippen LogP contribution < -0.4 is 5.32 Å². The van der Waals surface area contributed by atoms with Crippen LogP contribution in [0.15, 0.2) is 4.52 Å². The molecule has 8 heteroatoms. The third kappa shape index (κ3) is 4.66. The summed E-state index contributed by atoms with van der Waals surface area (Å²) in [6, 6.07) is 0. The fourth-order valence-electron chi connectivity index (χ4n) is 2.18. The summed E-state index contributed by atoms with van der Waals surface area (Å²) in [4.78, 5) is 29.6.